The number of hydrogen-bond acceptors (Lipinski definition) is 7. The Bertz CT molecular complexity index is 1370. The van der Waals surface area contributed by atoms with Crippen LogP contribution < -0.4 is 10.0 Å². The zero-order chi connectivity index (χ0) is 22.7. The van der Waals surface area contributed by atoms with Gasteiger partial charge in [-0.3, -0.25) is 14.5 Å². The van der Waals surface area contributed by atoms with Gasteiger partial charge in [-0.1, -0.05) is 12.1 Å². The molecule has 0 radical (unpaired) electrons. The largest absolute Gasteiger partial charge is 0.468 e. The number of anilines is 1. The maximum absolute atomic E-state index is 12.9. The molecule has 0 fully saturated rings. The van der Waals surface area contributed by atoms with Gasteiger partial charge in [0.1, 0.15) is 11.8 Å². The first-order valence-corrected chi connectivity index (χ1v) is 12.3. The lowest BCUT2D eigenvalue weighted by atomic mass is 10.2. The summed E-state index contributed by atoms with van der Waals surface area (Å²) >= 11 is 6.80. The Balaban J connectivity index is 1.51. The summed E-state index contributed by atoms with van der Waals surface area (Å²) in [4.78, 5) is 13.8. The summed E-state index contributed by atoms with van der Waals surface area (Å²) in [6.07, 6.45) is 1.47. The molecule has 9 nitrogen and oxygen atoms in total. The van der Waals surface area contributed by atoms with Gasteiger partial charge in [0.15, 0.2) is 10.6 Å². The van der Waals surface area contributed by atoms with Gasteiger partial charge >= 0.3 is 0 Å². The number of H-pyrrole nitrogens is 1. The van der Waals surface area contributed by atoms with E-state index in [4.69, 9.17) is 16.6 Å². The third kappa shape index (κ3) is 4.72. The van der Waals surface area contributed by atoms with Gasteiger partial charge in [-0.05, 0) is 60.9 Å². The van der Waals surface area contributed by atoms with Crippen LogP contribution in [0.15, 0.2) is 69.5 Å². The number of hydrogen-bond donors (Lipinski definition) is 3. The third-order valence-corrected chi connectivity index (χ3v) is 7.19. The average molecular weight is 490 g/mol. The van der Waals surface area contributed by atoms with Crippen LogP contribution in [-0.4, -0.2) is 29.1 Å². The fourth-order valence-corrected chi connectivity index (χ4v) is 5.05. The Kier molecular flexibility index (Phi) is 6.37. The second-order valence-electron chi connectivity index (χ2n) is 6.80. The van der Waals surface area contributed by atoms with E-state index >= 15 is 0 Å². The molecule has 4 rings (SSSR count). The summed E-state index contributed by atoms with van der Waals surface area (Å²) in [5.74, 6) is 0.690. The normalized spacial score (nSPS) is 12.5. The summed E-state index contributed by atoms with van der Waals surface area (Å²) in [6.45, 7) is 1.72. The quantitative estimate of drug-likeness (QED) is 0.322. The van der Waals surface area contributed by atoms with Gasteiger partial charge < -0.3 is 9.73 Å². The van der Waals surface area contributed by atoms with E-state index in [1.54, 1.807) is 35.8 Å². The molecule has 0 saturated carbocycles. The van der Waals surface area contributed by atoms with Crippen molar-refractivity contribution < 1.29 is 17.6 Å². The molecule has 166 valence electrons. The van der Waals surface area contributed by atoms with Crippen LogP contribution in [0.5, 0.6) is 0 Å². The van der Waals surface area contributed by atoms with E-state index in [2.05, 4.69) is 20.2 Å². The highest BCUT2D eigenvalue weighted by Gasteiger charge is 2.22. The predicted octanol–water partition coefficient (Wildman–Crippen LogP) is 3.94. The Hall–Kier alpha value is -3.06. The van der Waals surface area contributed by atoms with Crippen LogP contribution in [-0.2, 0) is 21.4 Å². The van der Waals surface area contributed by atoms with Crippen molar-refractivity contribution in [2.75, 3.05) is 5.32 Å². The van der Waals surface area contributed by atoms with E-state index in [0.29, 0.717) is 22.0 Å². The van der Waals surface area contributed by atoms with Gasteiger partial charge in [-0.15, -0.1) is 11.3 Å². The van der Waals surface area contributed by atoms with Crippen LogP contribution in [0.1, 0.15) is 18.7 Å². The van der Waals surface area contributed by atoms with E-state index in [0.717, 1.165) is 4.88 Å². The van der Waals surface area contributed by atoms with Crippen molar-refractivity contribution >= 4 is 45.2 Å². The van der Waals surface area contributed by atoms with Crippen molar-refractivity contribution in [1.29, 1.82) is 0 Å². The van der Waals surface area contributed by atoms with E-state index in [1.165, 1.54) is 29.7 Å². The second kappa shape index (κ2) is 9.20. The van der Waals surface area contributed by atoms with Crippen LogP contribution >= 0.6 is 23.6 Å². The van der Waals surface area contributed by atoms with Crippen LogP contribution in [0.4, 0.5) is 5.69 Å². The minimum Gasteiger partial charge on any atom is -0.468 e. The Morgan fingerprint density at radius 3 is 2.84 bits per heavy atom. The first-order chi connectivity index (χ1) is 15.3. The number of amides is 1. The molecule has 3 heterocycles. The lowest BCUT2D eigenvalue weighted by Crippen LogP contribution is -2.25. The lowest BCUT2D eigenvalue weighted by Gasteiger charge is -2.16. The van der Waals surface area contributed by atoms with Crippen molar-refractivity contribution in [3.05, 3.63) is 70.7 Å². The second-order valence-corrected chi connectivity index (χ2v) is 9.90. The number of rotatable bonds is 8. The Labute approximate surface area is 193 Å². The highest BCUT2D eigenvalue weighted by atomic mass is 32.2. The van der Waals surface area contributed by atoms with E-state index < -0.39 is 16.1 Å². The molecule has 0 aliphatic heterocycles. The summed E-state index contributed by atoms with van der Waals surface area (Å²) < 4.78 is 34.8. The maximum atomic E-state index is 12.9. The van der Waals surface area contributed by atoms with Crippen molar-refractivity contribution in [1.82, 2.24) is 19.5 Å². The molecule has 3 N–H and O–H groups in total. The molecule has 1 amide bonds. The average Bonchev–Trinajstić information content (AvgIpc) is 3.54. The third-order valence-electron chi connectivity index (χ3n) is 4.64. The van der Waals surface area contributed by atoms with Gasteiger partial charge in [0.2, 0.25) is 15.9 Å². The topological polar surface area (TPSA) is 122 Å². The first-order valence-electron chi connectivity index (χ1n) is 9.49. The molecular weight excluding hydrogens is 470 g/mol. The smallest absolute Gasteiger partial charge is 0.247 e. The number of carbonyl (C=O) groups excluding carboxylic acids is 1. The monoisotopic (exact) mass is 489 g/mol. The molecule has 0 saturated heterocycles. The van der Waals surface area contributed by atoms with Gasteiger partial charge in [0.05, 0.1) is 22.6 Å². The molecule has 3 aromatic heterocycles. The zero-order valence-electron chi connectivity index (χ0n) is 16.8. The number of sulfonamides is 1. The molecule has 0 spiro atoms. The van der Waals surface area contributed by atoms with Crippen LogP contribution in [0.3, 0.4) is 0 Å². The molecule has 1 unspecified atom stereocenters. The van der Waals surface area contributed by atoms with Gasteiger partial charge in [0, 0.05) is 5.69 Å². The summed E-state index contributed by atoms with van der Waals surface area (Å²) in [5.41, 5.74) is 0.343. The predicted molar refractivity (Wildman–Crippen MR) is 123 cm³/mol. The lowest BCUT2D eigenvalue weighted by molar-refractivity contribution is -0.118. The van der Waals surface area contributed by atoms with Crippen molar-refractivity contribution in [2.24, 2.45) is 0 Å². The standard InChI is InChI=1S/C20H19N5O4S3/c1-13(25-18(23-24-20(25)30)17-8-4-10-31-17)19(26)22-14-5-2-7-16(11-14)32(27,28)21-12-15-6-3-9-29-15/h2-11,13,21H,12H2,1H3,(H,22,26)(H,24,30). The molecular formula is C20H19N5O4S3. The highest BCUT2D eigenvalue weighted by molar-refractivity contribution is 7.89. The minimum atomic E-state index is -3.80. The van der Waals surface area contributed by atoms with Crippen LogP contribution in [0.25, 0.3) is 10.7 Å². The fraction of sp³-hybridized carbons (Fsp3) is 0.150. The van der Waals surface area contributed by atoms with Gasteiger partial charge in [0.25, 0.3) is 0 Å². The Morgan fingerprint density at radius 2 is 2.12 bits per heavy atom. The van der Waals surface area contributed by atoms with E-state index in [9.17, 15) is 13.2 Å². The van der Waals surface area contributed by atoms with Gasteiger partial charge in [-0.2, -0.15) is 5.10 Å². The first kappa shape index (κ1) is 22.1. The van der Waals surface area contributed by atoms with Crippen molar-refractivity contribution in [2.45, 2.75) is 24.4 Å². The number of furan rings is 1. The number of nitrogens with zero attached hydrogens (tertiary/aromatic N) is 2. The van der Waals surface area contributed by atoms with E-state index in [-0.39, 0.29) is 17.3 Å². The zero-order valence-corrected chi connectivity index (χ0v) is 19.3. The maximum Gasteiger partial charge on any atom is 0.247 e. The fourth-order valence-electron chi connectivity index (χ4n) is 3.01. The van der Waals surface area contributed by atoms with Crippen molar-refractivity contribution in [3.63, 3.8) is 0 Å². The number of aromatic nitrogens is 3. The summed E-state index contributed by atoms with van der Waals surface area (Å²) in [7, 11) is -3.80. The van der Waals surface area contributed by atoms with Crippen molar-refractivity contribution in [3.8, 4) is 10.7 Å². The Morgan fingerprint density at radius 1 is 1.28 bits per heavy atom. The molecule has 0 aliphatic rings. The van der Waals surface area contributed by atoms with Gasteiger partial charge in [-0.25, -0.2) is 13.1 Å². The molecule has 0 aliphatic carbocycles. The summed E-state index contributed by atoms with van der Waals surface area (Å²) in [5, 5.41) is 11.6. The molecule has 12 heteroatoms. The molecule has 1 aromatic carbocycles. The van der Waals surface area contributed by atoms with E-state index in [1.807, 2.05) is 17.5 Å². The minimum absolute atomic E-state index is 0.0210. The number of thiophene rings is 1. The SMILES string of the molecule is CC(C(=O)Nc1cccc(S(=O)(=O)NCc2ccco2)c1)n1c(-c2cccs2)n[nH]c1=S. The highest BCUT2D eigenvalue weighted by Crippen LogP contribution is 2.26. The summed E-state index contributed by atoms with van der Waals surface area (Å²) in [6, 6.07) is 12.5. The van der Waals surface area contributed by atoms with Crippen LogP contribution in [0, 0.1) is 4.77 Å². The molecule has 1 atom stereocenters. The number of aromatic amines is 1. The van der Waals surface area contributed by atoms with Crippen LogP contribution in [0.2, 0.25) is 0 Å². The number of nitrogens with one attached hydrogen (secondary N) is 3. The number of carbonyl (C=O) groups is 1. The molecule has 0 bridgehead atoms. The molecule has 4 aromatic rings. The molecule has 32 heavy (non-hydrogen) atoms. The number of benzene rings is 1.